The van der Waals surface area contributed by atoms with Gasteiger partial charge in [-0.25, -0.2) is 9.78 Å². The molecule has 8 nitrogen and oxygen atoms in total. The van der Waals surface area contributed by atoms with Crippen molar-refractivity contribution in [2.75, 3.05) is 17.7 Å². The number of carbonyl (C=O) groups excluding carboxylic acids is 1. The van der Waals surface area contributed by atoms with Gasteiger partial charge in [-0.1, -0.05) is 18.2 Å². The Morgan fingerprint density at radius 2 is 1.90 bits per heavy atom. The van der Waals surface area contributed by atoms with Crippen molar-refractivity contribution in [2.45, 2.75) is 13.5 Å². The number of para-hydroxylation sites is 1. The molecule has 2 N–H and O–H groups in total. The summed E-state index contributed by atoms with van der Waals surface area (Å²) in [5.74, 6) is 0.171. The van der Waals surface area contributed by atoms with Gasteiger partial charge in [0.2, 0.25) is 0 Å². The fraction of sp³-hybridized carbons (Fsp3) is 0.182. The lowest BCUT2D eigenvalue weighted by atomic mass is 10.2. The highest BCUT2D eigenvalue weighted by molar-refractivity contribution is 6.04. The summed E-state index contributed by atoms with van der Waals surface area (Å²) in [5.41, 5.74) is 9.67. The number of aromatic nitrogens is 4. The highest BCUT2D eigenvalue weighted by Crippen LogP contribution is 2.18. The van der Waals surface area contributed by atoms with Crippen LogP contribution >= 0.6 is 0 Å². The Kier molecular flexibility index (Phi) is 4.83. The number of aryl methyl sites for hydroxylation is 2. The fourth-order valence-corrected chi connectivity index (χ4v) is 3.34. The number of imidazole rings is 1. The molecule has 0 fully saturated rings. The molecule has 0 aliphatic heterocycles. The Bertz CT molecular complexity index is 1310. The maximum absolute atomic E-state index is 13.1. The van der Waals surface area contributed by atoms with Gasteiger partial charge in [-0.15, -0.1) is 0 Å². The molecule has 0 radical (unpaired) electrons. The average molecular weight is 402 g/mol. The molecule has 8 heteroatoms. The Morgan fingerprint density at radius 1 is 1.17 bits per heavy atom. The lowest BCUT2D eigenvalue weighted by Gasteiger charge is -2.18. The number of nitrogens with zero attached hydrogens (tertiary/aromatic N) is 5. The monoisotopic (exact) mass is 402 g/mol. The third-order valence-electron chi connectivity index (χ3n) is 5.10. The van der Waals surface area contributed by atoms with Gasteiger partial charge in [0.05, 0.1) is 17.6 Å². The molecular weight excluding hydrogens is 380 g/mol. The molecular formula is C22H22N6O2. The Hall–Kier alpha value is -3.94. The topological polar surface area (TPSA) is 99.0 Å². The molecule has 30 heavy (non-hydrogen) atoms. The normalized spacial score (nSPS) is 11.0. The number of benzene rings is 1. The first-order chi connectivity index (χ1) is 14.3. The zero-order valence-corrected chi connectivity index (χ0v) is 17.0. The standard InChI is InChI=1S/C22H22N6O2/c1-14-9-17-18(25-20(14)23)10-15(11-24-17)12-28-19(13-26(2)22(28)30)21(29)27(3)16-7-5-4-6-8-16/h4-11,13H,12H2,1-3H3,(H2,23,25). The molecule has 0 saturated carbocycles. The first kappa shape index (κ1) is 19.4. The maximum Gasteiger partial charge on any atom is 0.328 e. The van der Waals surface area contributed by atoms with E-state index in [0.29, 0.717) is 17.0 Å². The van der Waals surface area contributed by atoms with E-state index in [2.05, 4.69) is 9.97 Å². The molecule has 0 spiro atoms. The number of carbonyl (C=O) groups is 1. The van der Waals surface area contributed by atoms with Gasteiger partial charge in [-0.3, -0.25) is 14.3 Å². The summed E-state index contributed by atoms with van der Waals surface area (Å²) in [6.45, 7) is 2.07. The highest BCUT2D eigenvalue weighted by atomic mass is 16.2. The number of fused-ring (bicyclic) bond motifs is 1. The summed E-state index contributed by atoms with van der Waals surface area (Å²) < 4.78 is 2.85. The van der Waals surface area contributed by atoms with E-state index >= 15 is 0 Å². The molecule has 0 aliphatic rings. The van der Waals surface area contributed by atoms with Crippen LogP contribution in [0.5, 0.6) is 0 Å². The Labute approximate surface area is 173 Å². The lowest BCUT2D eigenvalue weighted by Crippen LogP contribution is -2.31. The van der Waals surface area contributed by atoms with E-state index in [1.165, 1.54) is 14.0 Å². The molecule has 3 aromatic heterocycles. The third kappa shape index (κ3) is 3.43. The van der Waals surface area contributed by atoms with Crippen LogP contribution in [0.3, 0.4) is 0 Å². The SMILES string of the molecule is Cc1cc2ncc(Cn3c(C(=O)N(C)c4ccccc4)cn(C)c3=O)cc2nc1N. The molecule has 1 amide bonds. The molecule has 152 valence electrons. The fourth-order valence-electron chi connectivity index (χ4n) is 3.34. The number of anilines is 2. The van der Waals surface area contributed by atoms with Crippen molar-refractivity contribution in [1.82, 2.24) is 19.1 Å². The van der Waals surface area contributed by atoms with Gasteiger partial charge in [0.25, 0.3) is 5.91 Å². The smallest absolute Gasteiger partial charge is 0.328 e. The van der Waals surface area contributed by atoms with Crippen LogP contribution < -0.4 is 16.3 Å². The van der Waals surface area contributed by atoms with Crippen molar-refractivity contribution in [3.8, 4) is 0 Å². The largest absolute Gasteiger partial charge is 0.383 e. The highest BCUT2D eigenvalue weighted by Gasteiger charge is 2.21. The molecule has 0 atom stereocenters. The van der Waals surface area contributed by atoms with Gasteiger partial charge >= 0.3 is 5.69 Å². The lowest BCUT2D eigenvalue weighted by molar-refractivity contribution is 0.0984. The minimum Gasteiger partial charge on any atom is -0.383 e. The van der Waals surface area contributed by atoms with Crippen LogP contribution in [-0.2, 0) is 13.6 Å². The Morgan fingerprint density at radius 3 is 2.63 bits per heavy atom. The van der Waals surface area contributed by atoms with E-state index in [-0.39, 0.29) is 18.1 Å². The summed E-state index contributed by atoms with van der Waals surface area (Å²) in [6.07, 6.45) is 3.24. The second-order valence-corrected chi connectivity index (χ2v) is 7.27. The zero-order chi connectivity index (χ0) is 21.4. The van der Waals surface area contributed by atoms with Crippen LogP contribution in [0.2, 0.25) is 0 Å². The molecule has 3 heterocycles. The molecule has 0 saturated heterocycles. The van der Waals surface area contributed by atoms with Crippen LogP contribution in [0.1, 0.15) is 21.6 Å². The van der Waals surface area contributed by atoms with Gasteiger partial charge in [0, 0.05) is 32.2 Å². The van der Waals surface area contributed by atoms with Crippen LogP contribution in [0.4, 0.5) is 11.5 Å². The first-order valence-electron chi connectivity index (χ1n) is 9.46. The zero-order valence-electron chi connectivity index (χ0n) is 17.0. The maximum atomic E-state index is 13.1. The number of nitrogen functional groups attached to an aromatic ring is 1. The van der Waals surface area contributed by atoms with Crippen LogP contribution in [0, 0.1) is 6.92 Å². The van der Waals surface area contributed by atoms with Gasteiger partial charge in [-0.05, 0) is 42.3 Å². The van der Waals surface area contributed by atoms with Crippen molar-refractivity contribution in [3.63, 3.8) is 0 Å². The van der Waals surface area contributed by atoms with Gasteiger partial charge in [0.1, 0.15) is 11.5 Å². The predicted octanol–water partition coefficient (Wildman–Crippen LogP) is 2.35. The molecule has 4 rings (SSSR count). The van der Waals surface area contributed by atoms with Crippen molar-refractivity contribution in [2.24, 2.45) is 7.05 Å². The van der Waals surface area contributed by atoms with Crippen LogP contribution in [0.25, 0.3) is 11.0 Å². The van der Waals surface area contributed by atoms with E-state index in [4.69, 9.17) is 5.73 Å². The first-order valence-corrected chi connectivity index (χ1v) is 9.46. The Balaban J connectivity index is 1.72. The summed E-state index contributed by atoms with van der Waals surface area (Å²) in [5, 5.41) is 0. The van der Waals surface area contributed by atoms with E-state index in [9.17, 15) is 9.59 Å². The minimum absolute atomic E-state index is 0.196. The molecule has 1 aromatic carbocycles. The summed E-state index contributed by atoms with van der Waals surface area (Å²) >= 11 is 0. The van der Waals surface area contributed by atoms with Crippen LogP contribution in [0.15, 0.2) is 59.7 Å². The second kappa shape index (κ2) is 7.47. The number of amides is 1. The number of hydrogen-bond acceptors (Lipinski definition) is 5. The number of pyridine rings is 2. The van der Waals surface area contributed by atoms with E-state index < -0.39 is 0 Å². The van der Waals surface area contributed by atoms with E-state index in [1.807, 2.05) is 49.4 Å². The average Bonchev–Trinajstić information content (AvgIpc) is 3.02. The van der Waals surface area contributed by atoms with Crippen LogP contribution in [-0.4, -0.2) is 32.1 Å². The third-order valence-corrected chi connectivity index (χ3v) is 5.10. The quantitative estimate of drug-likeness (QED) is 0.565. The number of rotatable bonds is 4. The van der Waals surface area contributed by atoms with E-state index in [1.54, 1.807) is 26.5 Å². The predicted molar refractivity (Wildman–Crippen MR) is 117 cm³/mol. The van der Waals surface area contributed by atoms with Crippen molar-refractivity contribution in [1.29, 1.82) is 0 Å². The summed E-state index contributed by atoms with van der Waals surface area (Å²) in [7, 11) is 3.31. The van der Waals surface area contributed by atoms with Gasteiger partial charge < -0.3 is 15.2 Å². The molecule has 4 aromatic rings. The summed E-state index contributed by atoms with van der Waals surface area (Å²) in [6, 6.07) is 13.0. The van der Waals surface area contributed by atoms with Crippen molar-refractivity contribution in [3.05, 3.63) is 82.2 Å². The van der Waals surface area contributed by atoms with Gasteiger partial charge in [-0.2, -0.15) is 0 Å². The second-order valence-electron chi connectivity index (χ2n) is 7.27. The van der Waals surface area contributed by atoms with Crippen molar-refractivity contribution >= 4 is 28.4 Å². The summed E-state index contributed by atoms with van der Waals surface area (Å²) in [4.78, 5) is 36.2. The van der Waals surface area contributed by atoms with E-state index in [0.717, 1.165) is 22.3 Å². The molecule has 0 aliphatic carbocycles. The van der Waals surface area contributed by atoms with Gasteiger partial charge in [0.15, 0.2) is 0 Å². The number of hydrogen-bond donors (Lipinski definition) is 1. The molecule has 0 bridgehead atoms. The van der Waals surface area contributed by atoms with Crippen molar-refractivity contribution < 1.29 is 4.79 Å². The number of nitrogens with two attached hydrogens (primary N) is 1. The minimum atomic E-state index is -0.281. The molecule has 0 unspecified atom stereocenters.